The molecule has 1 amide bonds. The molecule has 5 heteroatoms. The van der Waals surface area contributed by atoms with Gasteiger partial charge < -0.3 is 19.9 Å². The Balaban J connectivity index is 1.54. The maximum Gasteiger partial charge on any atom is 0.224 e. The first-order chi connectivity index (χ1) is 13.1. The van der Waals surface area contributed by atoms with Gasteiger partial charge in [-0.05, 0) is 63.2 Å². The Bertz CT molecular complexity index is 724. The zero-order valence-corrected chi connectivity index (χ0v) is 17.7. The molecule has 0 bridgehead atoms. The molecule has 0 spiro atoms. The van der Waals surface area contributed by atoms with Gasteiger partial charge in [0.15, 0.2) is 5.79 Å². The predicted octanol–water partition coefficient (Wildman–Crippen LogP) is 3.37. The largest absolute Gasteiger partial charge is 0.390 e. The Kier molecular flexibility index (Phi) is 3.97. The Morgan fingerprint density at radius 1 is 1.14 bits per heavy atom. The lowest BCUT2D eigenvalue weighted by molar-refractivity contribution is -0.237. The average molecular weight is 390 g/mol. The smallest absolute Gasteiger partial charge is 0.224 e. The van der Waals surface area contributed by atoms with E-state index < -0.39 is 11.4 Å². The highest BCUT2D eigenvalue weighted by molar-refractivity contribution is 5.79. The van der Waals surface area contributed by atoms with E-state index in [9.17, 15) is 9.90 Å². The van der Waals surface area contributed by atoms with E-state index in [-0.39, 0.29) is 22.7 Å². The third kappa shape index (κ3) is 2.39. The summed E-state index contributed by atoms with van der Waals surface area (Å²) in [7, 11) is 0. The Labute approximate surface area is 168 Å². The van der Waals surface area contributed by atoms with Gasteiger partial charge in [-0.3, -0.25) is 4.79 Å². The molecule has 28 heavy (non-hydrogen) atoms. The van der Waals surface area contributed by atoms with E-state index >= 15 is 0 Å². The van der Waals surface area contributed by atoms with E-state index in [1.807, 2.05) is 6.92 Å². The number of allylic oxidation sites excluding steroid dienone is 2. The molecule has 0 radical (unpaired) electrons. The van der Waals surface area contributed by atoms with Crippen molar-refractivity contribution in [1.29, 1.82) is 0 Å². The van der Waals surface area contributed by atoms with Crippen molar-refractivity contribution in [2.45, 2.75) is 77.6 Å². The maximum absolute atomic E-state index is 12.0. The number of carbonyl (C=O) groups excluding carboxylic acids is 1. The molecule has 5 aliphatic rings. The van der Waals surface area contributed by atoms with Crippen molar-refractivity contribution in [3.63, 3.8) is 0 Å². The van der Waals surface area contributed by atoms with Crippen molar-refractivity contribution < 1.29 is 19.4 Å². The summed E-state index contributed by atoms with van der Waals surface area (Å²) in [5.41, 5.74) is 0.134. The van der Waals surface area contributed by atoms with Crippen LogP contribution in [0.4, 0.5) is 0 Å². The molecule has 0 aromatic heterocycles. The number of piperidine rings is 1. The molecule has 156 valence electrons. The second kappa shape index (κ2) is 5.83. The number of aliphatic hydroxyl groups is 1. The van der Waals surface area contributed by atoms with Gasteiger partial charge in [-0.1, -0.05) is 19.9 Å². The van der Waals surface area contributed by atoms with Gasteiger partial charge in [-0.15, -0.1) is 0 Å². The minimum Gasteiger partial charge on any atom is -0.390 e. The summed E-state index contributed by atoms with van der Waals surface area (Å²) >= 11 is 0. The topological polar surface area (TPSA) is 67.8 Å². The molecule has 2 saturated carbocycles. The van der Waals surface area contributed by atoms with Gasteiger partial charge in [0.05, 0.1) is 18.8 Å². The maximum atomic E-state index is 12.0. The van der Waals surface area contributed by atoms with Crippen molar-refractivity contribution in [3.05, 3.63) is 11.8 Å². The number of hydrogen-bond acceptors (Lipinski definition) is 4. The number of ether oxygens (including phenoxy) is 2. The molecule has 4 fully saturated rings. The normalized spacial score (nSPS) is 52.3. The molecular formula is C23H35NO4. The van der Waals surface area contributed by atoms with Crippen molar-refractivity contribution in [3.8, 4) is 0 Å². The zero-order chi connectivity index (χ0) is 19.9. The molecule has 4 unspecified atom stereocenters. The summed E-state index contributed by atoms with van der Waals surface area (Å²) in [5.74, 6) is 1.07. The van der Waals surface area contributed by atoms with Gasteiger partial charge in [-0.2, -0.15) is 0 Å². The molecule has 0 aromatic rings. The summed E-state index contributed by atoms with van der Waals surface area (Å²) < 4.78 is 12.2. The van der Waals surface area contributed by atoms with Crippen LogP contribution in [0.25, 0.3) is 0 Å². The number of amides is 1. The van der Waals surface area contributed by atoms with Crippen LogP contribution in [-0.4, -0.2) is 35.6 Å². The summed E-state index contributed by atoms with van der Waals surface area (Å²) in [4.78, 5) is 12.0. The lowest BCUT2D eigenvalue weighted by Crippen LogP contribution is -2.63. The molecule has 5 rings (SSSR count). The lowest BCUT2D eigenvalue weighted by atomic mass is 9.44. The van der Waals surface area contributed by atoms with Crippen molar-refractivity contribution in [2.24, 2.45) is 34.5 Å². The van der Waals surface area contributed by atoms with E-state index in [2.05, 4.69) is 32.2 Å². The monoisotopic (exact) mass is 389 g/mol. The van der Waals surface area contributed by atoms with Crippen molar-refractivity contribution >= 4 is 5.91 Å². The highest BCUT2D eigenvalue weighted by atomic mass is 16.7. The first kappa shape index (κ1) is 19.1. The molecule has 3 aliphatic carbocycles. The SMILES string of the molecule is CC1(C2CCC3C4CC=C5NC(=O)CC[C@]5(C)C4[C@@](C)(O)C[C@@]32C)OCCO1. The fraction of sp³-hybridized carbons (Fsp3) is 0.870. The van der Waals surface area contributed by atoms with Crippen LogP contribution in [0.2, 0.25) is 0 Å². The third-order valence-electron chi connectivity index (χ3n) is 9.30. The number of carbonyl (C=O) groups is 1. The fourth-order valence-electron chi connectivity index (χ4n) is 8.57. The van der Waals surface area contributed by atoms with Crippen LogP contribution < -0.4 is 5.32 Å². The van der Waals surface area contributed by atoms with E-state index in [4.69, 9.17) is 9.47 Å². The van der Waals surface area contributed by atoms with Crippen LogP contribution in [0.15, 0.2) is 11.8 Å². The van der Waals surface area contributed by atoms with Crippen LogP contribution >= 0.6 is 0 Å². The quantitative estimate of drug-likeness (QED) is 0.721. The van der Waals surface area contributed by atoms with E-state index in [1.54, 1.807) is 0 Å². The summed E-state index contributed by atoms with van der Waals surface area (Å²) in [6.07, 6.45) is 7.63. The van der Waals surface area contributed by atoms with Crippen LogP contribution in [0.1, 0.15) is 66.2 Å². The standard InChI is InChI=1S/C23H35NO4/c1-20-10-9-18(25)24-17(20)8-5-14-15-6-7-16(23(4)27-11-12-28-23)21(15,2)13-22(3,26)19(14)20/h8,14-16,19,26H,5-7,9-13H2,1-4H3,(H,24,25)/t14?,15?,16?,19?,20-,21-,22-/m0/s1. The van der Waals surface area contributed by atoms with Crippen molar-refractivity contribution in [1.82, 2.24) is 5.32 Å². The van der Waals surface area contributed by atoms with Crippen LogP contribution in [0.3, 0.4) is 0 Å². The highest BCUT2D eigenvalue weighted by Crippen LogP contribution is 2.69. The average Bonchev–Trinajstić information content (AvgIpc) is 3.18. The van der Waals surface area contributed by atoms with Crippen molar-refractivity contribution in [2.75, 3.05) is 13.2 Å². The molecule has 2 heterocycles. The Morgan fingerprint density at radius 2 is 1.86 bits per heavy atom. The molecule has 2 N–H and O–H groups in total. The molecule has 7 atom stereocenters. The minimum absolute atomic E-state index is 0.00335. The van der Waals surface area contributed by atoms with E-state index in [1.165, 1.54) is 6.42 Å². The third-order valence-corrected chi connectivity index (χ3v) is 9.30. The van der Waals surface area contributed by atoms with Gasteiger partial charge in [0.2, 0.25) is 5.91 Å². The number of hydrogen-bond donors (Lipinski definition) is 2. The first-order valence-electron chi connectivity index (χ1n) is 11.1. The second-order valence-corrected chi connectivity index (χ2v) is 10.9. The van der Waals surface area contributed by atoms with Gasteiger partial charge in [0.25, 0.3) is 0 Å². The Hall–Kier alpha value is -0.910. The molecule has 5 nitrogen and oxygen atoms in total. The van der Waals surface area contributed by atoms with Gasteiger partial charge in [0, 0.05) is 29.4 Å². The molecule has 2 saturated heterocycles. The molecular weight excluding hydrogens is 354 g/mol. The molecule has 2 aliphatic heterocycles. The summed E-state index contributed by atoms with van der Waals surface area (Å²) in [5, 5.41) is 15.0. The van der Waals surface area contributed by atoms with Crippen LogP contribution in [0.5, 0.6) is 0 Å². The number of nitrogens with one attached hydrogen (secondary N) is 1. The molecule has 0 aromatic carbocycles. The Morgan fingerprint density at radius 3 is 2.57 bits per heavy atom. The first-order valence-corrected chi connectivity index (χ1v) is 11.1. The van der Waals surface area contributed by atoms with Gasteiger partial charge in [-0.25, -0.2) is 0 Å². The van der Waals surface area contributed by atoms with E-state index in [0.717, 1.165) is 31.4 Å². The number of rotatable bonds is 1. The minimum atomic E-state index is -0.774. The van der Waals surface area contributed by atoms with Gasteiger partial charge >= 0.3 is 0 Å². The number of fused-ring (bicyclic) bond motifs is 5. The second-order valence-electron chi connectivity index (χ2n) is 10.9. The summed E-state index contributed by atoms with van der Waals surface area (Å²) in [6.45, 7) is 10.1. The van der Waals surface area contributed by atoms with Gasteiger partial charge in [0.1, 0.15) is 0 Å². The lowest BCUT2D eigenvalue weighted by Gasteiger charge is -2.63. The van der Waals surface area contributed by atoms with Crippen LogP contribution in [0, 0.1) is 34.5 Å². The van der Waals surface area contributed by atoms with E-state index in [0.29, 0.717) is 37.4 Å². The summed E-state index contributed by atoms with van der Waals surface area (Å²) in [6, 6.07) is 0. The highest BCUT2D eigenvalue weighted by Gasteiger charge is 2.68. The fourth-order valence-corrected chi connectivity index (χ4v) is 8.57. The zero-order valence-electron chi connectivity index (χ0n) is 17.7. The predicted molar refractivity (Wildman–Crippen MR) is 105 cm³/mol. The van der Waals surface area contributed by atoms with Crippen LogP contribution in [-0.2, 0) is 14.3 Å².